The van der Waals surface area contributed by atoms with E-state index < -0.39 is 4.92 Å². The molecule has 0 spiro atoms. The van der Waals surface area contributed by atoms with Crippen molar-refractivity contribution in [1.82, 2.24) is 20.0 Å². The van der Waals surface area contributed by atoms with Crippen LogP contribution in [0.15, 0.2) is 6.20 Å². The van der Waals surface area contributed by atoms with Crippen LogP contribution in [0.2, 0.25) is 0 Å². The van der Waals surface area contributed by atoms with Gasteiger partial charge < -0.3 is 10.1 Å². The topological polar surface area (TPSA) is 86.7 Å². The predicted molar refractivity (Wildman–Crippen MR) is 62.9 cm³/mol. The van der Waals surface area contributed by atoms with Gasteiger partial charge in [-0.2, -0.15) is 0 Å². The second kappa shape index (κ2) is 4.21. The van der Waals surface area contributed by atoms with Crippen molar-refractivity contribution in [1.29, 1.82) is 0 Å². The maximum Gasteiger partial charge on any atom is 0.355 e. The molecule has 0 amide bonds. The summed E-state index contributed by atoms with van der Waals surface area (Å²) in [5.41, 5.74) is 0.418. The minimum absolute atomic E-state index is 0.0588. The molecule has 0 radical (unpaired) electrons. The van der Waals surface area contributed by atoms with Gasteiger partial charge in [0.05, 0.1) is 6.20 Å². The number of rotatable bonds is 3. The van der Waals surface area contributed by atoms with E-state index in [2.05, 4.69) is 15.3 Å². The van der Waals surface area contributed by atoms with Crippen LogP contribution in [-0.4, -0.2) is 24.9 Å². The summed E-state index contributed by atoms with van der Waals surface area (Å²) in [6.45, 7) is 4.00. The van der Waals surface area contributed by atoms with Gasteiger partial charge in [-0.1, -0.05) is 30.3 Å². The number of hydrogen-bond donors (Lipinski definition) is 0. The Morgan fingerprint density at radius 2 is 2.18 bits per heavy atom. The van der Waals surface area contributed by atoms with Crippen molar-refractivity contribution >= 4 is 17.2 Å². The average molecular weight is 253 g/mol. The first-order valence-corrected chi connectivity index (χ1v) is 5.82. The molecule has 2 aromatic heterocycles. The van der Waals surface area contributed by atoms with Crippen LogP contribution in [0.1, 0.15) is 24.8 Å². The Labute approximate surface area is 101 Å². The smallest absolute Gasteiger partial charge is 0.355 e. The molecule has 17 heavy (non-hydrogen) atoms. The molecule has 2 aromatic rings. The highest BCUT2D eigenvalue weighted by Gasteiger charge is 2.23. The number of hydrogen-bond acceptors (Lipinski definition) is 6. The highest BCUT2D eigenvalue weighted by Crippen LogP contribution is 2.32. The maximum absolute atomic E-state index is 10.9. The van der Waals surface area contributed by atoms with Crippen LogP contribution in [0.3, 0.4) is 0 Å². The van der Waals surface area contributed by atoms with Gasteiger partial charge >= 0.3 is 5.82 Å². The molecule has 0 aliphatic rings. The van der Waals surface area contributed by atoms with Gasteiger partial charge in [-0.3, -0.25) is 0 Å². The molecule has 7 nitrogen and oxygen atoms in total. The summed E-state index contributed by atoms with van der Waals surface area (Å²) in [5, 5.41) is 24.2. The van der Waals surface area contributed by atoms with Crippen LogP contribution in [-0.2, 0) is 7.05 Å². The minimum Gasteiger partial charge on any atom is -0.358 e. The lowest BCUT2D eigenvalue weighted by molar-refractivity contribution is -0.391. The second-order valence-electron chi connectivity index (χ2n) is 3.86. The Balaban J connectivity index is 2.49. The second-order valence-corrected chi connectivity index (χ2v) is 4.87. The van der Waals surface area contributed by atoms with E-state index in [1.54, 1.807) is 0 Å². The number of aromatic nitrogens is 4. The Kier molecular flexibility index (Phi) is 2.88. The molecule has 0 aromatic carbocycles. The van der Waals surface area contributed by atoms with Crippen LogP contribution < -0.4 is 0 Å². The van der Waals surface area contributed by atoms with E-state index in [4.69, 9.17) is 0 Å². The van der Waals surface area contributed by atoms with Crippen molar-refractivity contribution < 1.29 is 4.92 Å². The van der Waals surface area contributed by atoms with E-state index in [0.29, 0.717) is 10.6 Å². The lowest BCUT2D eigenvalue weighted by Crippen LogP contribution is -1.99. The summed E-state index contributed by atoms with van der Waals surface area (Å²) in [7, 11) is 1.53. The molecule has 0 bridgehead atoms. The molecule has 90 valence electrons. The predicted octanol–water partition coefficient (Wildman–Crippen LogP) is 1.97. The average Bonchev–Trinajstić information content (AvgIpc) is 2.82. The zero-order valence-electron chi connectivity index (χ0n) is 9.62. The monoisotopic (exact) mass is 253 g/mol. The van der Waals surface area contributed by atoms with E-state index in [-0.39, 0.29) is 11.7 Å². The third-order valence-corrected chi connectivity index (χ3v) is 3.50. The zero-order valence-corrected chi connectivity index (χ0v) is 10.4. The summed E-state index contributed by atoms with van der Waals surface area (Å²) >= 11 is 1.36. The van der Waals surface area contributed by atoms with E-state index >= 15 is 0 Å². The molecule has 0 unspecified atom stereocenters. The summed E-state index contributed by atoms with van der Waals surface area (Å²) in [5.74, 6) is 0.202. The molecule has 0 aliphatic heterocycles. The van der Waals surface area contributed by atoms with Gasteiger partial charge in [0.1, 0.15) is 17.6 Å². The first-order chi connectivity index (χ1) is 8.00. The Morgan fingerprint density at radius 1 is 1.47 bits per heavy atom. The van der Waals surface area contributed by atoms with Gasteiger partial charge in [0.25, 0.3) is 0 Å². The fourth-order valence-electron chi connectivity index (χ4n) is 1.38. The molecule has 2 heterocycles. The van der Waals surface area contributed by atoms with Gasteiger partial charge in [-0.15, -0.1) is 14.9 Å². The quantitative estimate of drug-likeness (QED) is 0.616. The first-order valence-electron chi connectivity index (χ1n) is 5.01. The summed E-state index contributed by atoms with van der Waals surface area (Å²) in [6, 6.07) is 0. The lowest BCUT2D eigenvalue weighted by Gasteiger charge is -1.95. The van der Waals surface area contributed by atoms with Crippen molar-refractivity contribution in [2.24, 2.45) is 7.05 Å². The van der Waals surface area contributed by atoms with Crippen LogP contribution in [0.25, 0.3) is 10.6 Å². The zero-order chi connectivity index (χ0) is 12.6. The standard InChI is InChI=1S/C9H11N5O2S/c1-5(2)7-11-12-8(17-7)6-4-10-13(3)9(6)14(15)16/h4-5H,1-3H3. The molecule has 0 fully saturated rings. The highest BCUT2D eigenvalue weighted by atomic mass is 32.1. The van der Waals surface area contributed by atoms with E-state index in [1.807, 2.05) is 13.8 Å². The number of aryl methyl sites for hydroxylation is 1. The largest absolute Gasteiger partial charge is 0.358 e. The minimum atomic E-state index is -0.460. The molecule has 2 rings (SSSR count). The van der Waals surface area contributed by atoms with Crippen LogP contribution in [0.5, 0.6) is 0 Å². The van der Waals surface area contributed by atoms with Crippen molar-refractivity contribution in [2.75, 3.05) is 0 Å². The Bertz CT molecular complexity index is 559. The number of nitro groups is 1. The number of nitrogens with zero attached hydrogens (tertiary/aromatic N) is 5. The summed E-state index contributed by atoms with van der Waals surface area (Å²) < 4.78 is 1.23. The van der Waals surface area contributed by atoms with E-state index in [1.165, 1.54) is 29.3 Å². The Hall–Kier alpha value is -1.83. The summed E-state index contributed by atoms with van der Waals surface area (Å²) in [6.07, 6.45) is 1.45. The summed E-state index contributed by atoms with van der Waals surface area (Å²) in [4.78, 5) is 10.5. The van der Waals surface area contributed by atoms with Gasteiger partial charge in [0.15, 0.2) is 5.01 Å². The molecule has 0 aliphatic carbocycles. The SMILES string of the molecule is CC(C)c1nnc(-c2cnn(C)c2[N+](=O)[O-])s1. The van der Waals surface area contributed by atoms with Crippen molar-refractivity contribution in [3.63, 3.8) is 0 Å². The van der Waals surface area contributed by atoms with Crippen molar-refractivity contribution in [3.05, 3.63) is 21.3 Å². The van der Waals surface area contributed by atoms with Gasteiger partial charge in [0, 0.05) is 5.92 Å². The third kappa shape index (κ3) is 2.03. The van der Waals surface area contributed by atoms with Crippen LogP contribution in [0.4, 0.5) is 5.82 Å². The molecular formula is C9H11N5O2S. The lowest BCUT2D eigenvalue weighted by atomic mass is 10.2. The highest BCUT2D eigenvalue weighted by molar-refractivity contribution is 7.14. The third-order valence-electron chi connectivity index (χ3n) is 2.25. The maximum atomic E-state index is 10.9. The molecule has 0 N–H and O–H groups in total. The van der Waals surface area contributed by atoms with Crippen molar-refractivity contribution in [2.45, 2.75) is 19.8 Å². The first kappa shape index (κ1) is 11.6. The Morgan fingerprint density at radius 3 is 2.71 bits per heavy atom. The van der Waals surface area contributed by atoms with Gasteiger partial charge in [0.2, 0.25) is 0 Å². The van der Waals surface area contributed by atoms with Crippen LogP contribution >= 0.6 is 11.3 Å². The molecule has 0 saturated carbocycles. The van der Waals surface area contributed by atoms with E-state index in [9.17, 15) is 10.1 Å². The van der Waals surface area contributed by atoms with Gasteiger partial charge in [-0.05, 0) is 4.92 Å². The van der Waals surface area contributed by atoms with Crippen LogP contribution in [0, 0.1) is 10.1 Å². The molecule has 0 atom stereocenters. The molecular weight excluding hydrogens is 242 g/mol. The van der Waals surface area contributed by atoms with E-state index in [0.717, 1.165) is 5.01 Å². The normalized spacial score (nSPS) is 11.1. The van der Waals surface area contributed by atoms with Crippen molar-refractivity contribution in [3.8, 4) is 10.6 Å². The molecule has 0 saturated heterocycles. The fraction of sp³-hybridized carbons (Fsp3) is 0.444. The van der Waals surface area contributed by atoms with Gasteiger partial charge in [-0.25, -0.2) is 0 Å². The molecule has 8 heteroatoms. The fourth-order valence-corrected chi connectivity index (χ4v) is 2.23.